The van der Waals surface area contributed by atoms with Crippen molar-refractivity contribution in [2.75, 3.05) is 7.11 Å². The molecule has 20 heavy (non-hydrogen) atoms. The van der Waals surface area contributed by atoms with E-state index in [1.54, 1.807) is 7.11 Å². The Morgan fingerprint density at radius 1 is 1.20 bits per heavy atom. The Bertz CT molecular complexity index is 484. The fraction of sp³-hybridized carbons (Fsp3) is 0.588. The Morgan fingerprint density at radius 3 is 2.45 bits per heavy atom. The molecule has 0 bridgehead atoms. The van der Waals surface area contributed by atoms with Crippen LogP contribution in [-0.4, -0.2) is 7.11 Å². The average Bonchev–Trinajstić information content (AvgIpc) is 2.44. The fourth-order valence-electron chi connectivity index (χ4n) is 3.09. The zero-order valence-electron chi connectivity index (χ0n) is 12.1. The summed E-state index contributed by atoms with van der Waals surface area (Å²) >= 11 is 3.61. The molecule has 1 aromatic rings. The third-order valence-electron chi connectivity index (χ3n) is 4.33. The first-order chi connectivity index (χ1) is 9.69. The second kappa shape index (κ2) is 7.13. The van der Waals surface area contributed by atoms with Gasteiger partial charge in [-0.15, -0.1) is 0 Å². The van der Waals surface area contributed by atoms with Gasteiger partial charge in [-0.3, -0.25) is 0 Å². The van der Waals surface area contributed by atoms with Gasteiger partial charge in [0, 0.05) is 4.47 Å². The van der Waals surface area contributed by atoms with E-state index < -0.39 is 0 Å². The average molecular weight is 336 g/mol. The third kappa shape index (κ3) is 3.76. The normalized spacial score (nSPS) is 18.6. The second-order valence-corrected chi connectivity index (χ2v) is 6.65. The highest BCUT2D eigenvalue weighted by atomic mass is 79.9. The van der Waals surface area contributed by atoms with E-state index >= 15 is 0 Å². The molecule has 108 valence electrons. The van der Waals surface area contributed by atoms with Gasteiger partial charge in [-0.2, -0.15) is 5.26 Å². The summed E-state index contributed by atoms with van der Waals surface area (Å²) in [6.07, 6.45) is 9.07. The number of nitrogens with zero attached hydrogens (tertiary/aromatic N) is 1. The Kier molecular flexibility index (Phi) is 5.48. The van der Waals surface area contributed by atoms with Crippen molar-refractivity contribution >= 4 is 15.9 Å². The number of benzene rings is 1. The van der Waals surface area contributed by atoms with Crippen molar-refractivity contribution in [3.8, 4) is 11.8 Å². The second-order valence-electron chi connectivity index (χ2n) is 5.79. The molecular weight excluding hydrogens is 314 g/mol. The summed E-state index contributed by atoms with van der Waals surface area (Å²) in [6.45, 7) is 0. The maximum Gasteiger partial charge on any atom is 0.119 e. The minimum absolute atomic E-state index is 0.199. The van der Waals surface area contributed by atoms with Gasteiger partial charge in [0.1, 0.15) is 5.75 Å². The van der Waals surface area contributed by atoms with Crippen LogP contribution in [0.25, 0.3) is 0 Å². The molecule has 0 unspecified atom stereocenters. The van der Waals surface area contributed by atoms with E-state index in [0.29, 0.717) is 0 Å². The van der Waals surface area contributed by atoms with Crippen LogP contribution in [0.3, 0.4) is 0 Å². The first kappa shape index (κ1) is 15.4. The molecule has 0 amide bonds. The van der Waals surface area contributed by atoms with Gasteiger partial charge in [0.2, 0.25) is 0 Å². The summed E-state index contributed by atoms with van der Waals surface area (Å²) in [7, 11) is 1.68. The van der Waals surface area contributed by atoms with Crippen LogP contribution in [0.5, 0.6) is 5.75 Å². The van der Waals surface area contributed by atoms with E-state index in [-0.39, 0.29) is 5.41 Å². The van der Waals surface area contributed by atoms with Gasteiger partial charge in [0.05, 0.1) is 18.6 Å². The molecule has 1 aliphatic carbocycles. The van der Waals surface area contributed by atoms with Gasteiger partial charge in [0.15, 0.2) is 0 Å². The van der Waals surface area contributed by atoms with Gasteiger partial charge >= 0.3 is 0 Å². The molecule has 1 fully saturated rings. The number of hydrogen-bond donors (Lipinski definition) is 0. The number of rotatable bonds is 3. The zero-order valence-corrected chi connectivity index (χ0v) is 13.7. The van der Waals surface area contributed by atoms with E-state index in [2.05, 4.69) is 28.1 Å². The maximum atomic E-state index is 9.74. The fourth-order valence-corrected chi connectivity index (χ4v) is 3.48. The zero-order chi connectivity index (χ0) is 14.4. The summed E-state index contributed by atoms with van der Waals surface area (Å²) in [5.41, 5.74) is 0.987. The molecule has 3 heteroatoms. The smallest absolute Gasteiger partial charge is 0.119 e. The van der Waals surface area contributed by atoms with Crippen LogP contribution >= 0.6 is 15.9 Å². The summed E-state index contributed by atoms with van der Waals surface area (Å²) in [6, 6.07) is 8.66. The van der Waals surface area contributed by atoms with Crippen molar-refractivity contribution in [2.45, 2.75) is 51.4 Å². The topological polar surface area (TPSA) is 33.0 Å². The highest BCUT2D eigenvalue weighted by Gasteiger charge is 2.31. The largest absolute Gasteiger partial charge is 0.497 e. The number of methoxy groups -OCH3 is 1. The van der Waals surface area contributed by atoms with Crippen LogP contribution in [0.15, 0.2) is 22.7 Å². The van der Waals surface area contributed by atoms with Crippen LogP contribution < -0.4 is 4.74 Å². The van der Waals surface area contributed by atoms with Gasteiger partial charge < -0.3 is 4.74 Å². The molecule has 1 aromatic carbocycles. The van der Waals surface area contributed by atoms with Crippen LogP contribution in [0, 0.1) is 16.7 Å². The molecule has 0 spiro atoms. The van der Waals surface area contributed by atoms with Crippen LogP contribution in [-0.2, 0) is 6.42 Å². The lowest BCUT2D eigenvalue weighted by molar-refractivity contribution is 0.286. The first-order valence-electron chi connectivity index (χ1n) is 7.43. The molecule has 0 aliphatic heterocycles. The summed E-state index contributed by atoms with van der Waals surface area (Å²) in [4.78, 5) is 0. The molecular formula is C17H22BrNO. The summed E-state index contributed by atoms with van der Waals surface area (Å²) < 4.78 is 6.39. The van der Waals surface area contributed by atoms with E-state index in [1.807, 2.05) is 12.1 Å². The van der Waals surface area contributed by atoms with E-state index in [1.165, 1.54) is 37.7 Å². The van der Waals surface area contributed by atoms with Crippen molar-refractivity contribution in [1.29, 1.82) is 5.26 Å². The van der Waals surface area contributed by atoms with Crippen molar-refractivity contribution in [3.63, 3.8) is 0 Å². The predicted octanol–water partition coefficient (Wildman–Crippen LogP) is 5.25. The molecule has 0 N–H and O–H groups in total. The van der Waals surface area contributed by atoms with Gasteiger partial charge in [-0.1, -0.05) is 48.0 Å². The summed E-state index contributed by atoms with van der Waals surface area (Å²) in [5.74, 6) is 0.863. The minimum Gasteiger partial charge on any atom is -0.497 e. The molecule has 2 rings (SSSR count). The Hall–Kier alpha value is -1.01. The first-order valence-corrected chi connectivity index (χ1v) is 8.22. The van der Waals surface area contributed by atoms with Gasteiger partial charge in [-0.05, 0) is 43.0 Å². The molecule has 0 saturated heterocycles. The number of hydrogen-bond acceptors (Lipinski definition) is 2. The van der Waals surface area contributed by atoms with E-state index in [0.717, 1.165) is 29.5 Å². The number of ether oxygens (including phenoxy) is 1. The minimum atomic E-state index is -0.199. The lowest BCUT2D eigenvalue weighted by Gasteiger charge is -2.29. The Labute approximate surface area is 130 Å². The monoisotopic (exact) mass is 335 g/mol. The molecule has 0 aromatic heterocycles. The predicted molar refractivity (Wildman–Crippen MR) is 84.8 cm³/mol. The molecule has 0 atom stereocenters. The standard InChI is InChI=1S/C17H22BrNO/c1-20-15-7-8-16(18)14(11-15)12-17(13-19)9-5-3-2-4-6-10-17/h7-8,11H,2-6,9-10,12H2,1H3. The highest BCUT2D eigenvalue weighted by Crippen LogP contribution is 2.39. The van der Waals surface area contributed by atoms with Crippen molar-refractivity contribution in [3.05, 3.63) is 28.2 Å². The number of nitriles is 1. The molecule has 2 nitrogen and oxygen atoms in total. The SMILES string of the molecule is COc1ccc(Br)c(CC2(C#N)CCCCCCC2)c1. The maximum absolute atomic E-state index is 9.74. The van der Waals surface area contributed by atoms with E-state index in [9.17, 15) is 5.26 Å². The lowest BCUT2D eigenvalue weighted by atomic mass is 9.73. The highest BCUT2D eigenvalue weighted by molar-refractivity contribution is 9.10. The summed E-state index contributed by atoms with van der Waals surface area (Å²) in [5, 5.41) is 9.74. The molecule has 1 aliphatic rings. The Morgan fingerprint density at radius 2 is 1.85 bits per heavy atom. The molecule has 0 heterocycles. The van der Waals surface area contributed by atoms with E-state index in [4.69, 9.17) is 4.74 Å². The Balaban J connectivity index is 2.22. The van der Waals surface area contributed by atoms with Crippen LogP contribution in [0.2, 0.25) is 0 Å². The molecule has 0 radical (unpaired) electrons. The van der Waals surface area contributed by atoms with Gasteiger partial charge in [0.25, 0.3) is 0 Å². The van der Waals surface area contributed by atoms with Crippen molar-refractivity contribution in [1.82, 2.24) is 0 Å². The van der Waals surface area contributed by atoms with Crippen LogP contribution in [0.4, 0.5) is 0 Å². The lowest BCUT2D eigenvalue weighted by Crippen LogP contribution is -2.23. The van der Waals surface area contributed by atoms with Gasteiger partial charge in [-0.25, -0.2) is 0 Å². The number of halogens is 1. The quantitative estimate of drug-likeness (QED) is 0.755. The molecule has 1 saturated carbocycles. The third-order valence-corrected chi connectivity index (χ3v) is 5.10. The van der Waals surface area contributed by atoms with Crippen LogP contribution in [0.1, 0.15) is 50.5 Å². The van der Waals surface area contributed by atoms with Crippen molar-refractivity contribution < 1.29 is 4.74 Å². The van der Waals surface area contributed by atoms with Crippen molar-refractivity contribution in [2.24, 2.45) is 5.41 Å².